The number of carbonyl (C=O) groups excluding carboxylic acids is 2. The monoisotopic (exact) mass is 668 g/mol. The maximum Gasteiger partial charge on any atom is 0.469 e. The number of unbranched alkanes of at least 4 members (excludes halogenated alkanes) is 7. The van der Waals surface area contributed by atoms with Gasteiger partial charge in [0.2, 0.25) is 0 Å². The number of rotatable bonds is 29. The molecule has 0 amide bonds. The molecule has 9 nitrogen and oxygen atoms in total. The second kappa shape index (κ2) is 30.1. The summed E-state index contributed by atoms with van der Waals surface area (Å²) < 4.78 is 26.1. The van der Waals surface area contributed by atoms with Crippen LogP contribution in [0.25, 0.3) is 0 Å². The van der Waals surface area contributed by atoms with Gasteiger partial charge in [0, 0.05) is 12.8 Å². The molecule has 2 atom stereocenters. The van der Waals surface area contributed by atoms with E-state index in [0.29, 0.717) is 32.1 Å². The molecule has 264 valence electrons. The number of allylic oxidation sites excluding steroid dienone is 8. The van der Waals surface area contributed by atoms with E-state index in [0.717, 1.165) is 38.0 Å². The van der Waals surface area contributed by atoms with E-state index in [1.165, 1.54) is 25.7 Å². The van der Waals surface area contributed by atoms with Crippen molar-refractivity contribution in [1.29, 1.82) is 0 Å². The molecule has 0 aliphatic rings. The Morgan fingerprint density at radius 2 is 1.37 bits per heavy atom. The molecule has 0 aliphatic carbocycles. The molecular formula is C36H61O9P. The summed E-state index contributed by atoms with van der Waals surface area (Å²) in [7, 11) is -4.78. The fourth-order valence-electron chi connectivity index (χ4n) is 4.26. The van der Waals surface area contributed by atoms with Crippen molar-refractivity contribution in [3.05, 3.63) is 60.8 Å². The molecule has 0 radical (unpaired) electrons. The summed E-state index contributed by atoms with van der Waals surface area (Å²) in [6.45, 7) is 5.66. The molecule has 0 spiro atoms. The van der Waals surface area contributed by atoms with Gasteiger partial charge in [-0.25, -0.2) is 4.57 Å². The number of aliphatic hydroxyl groups excluding tert-OH is 1. The molecule has 0 aromatic heterocycles. The Morgan fingerprint density at radius 1 is 0.739 bits per heavy atom. The minimum Gasteiger partial charge on any atom is -0.462 e. The SMILES string of the molecule is CC/C=C\C/C=C\CC(O)/C=C/C=C\C/C=C\CCCC(=O)O[C@H](COC(=O)CCCCCCCCCC(C)C)COP(=O)(O)O. The normalized spacial score (nSPS) is 14.1. The maximum absolute atomic E-state index is 12.3. The topological polar surface area (TPSA) is 140 Å². The minimum atomic E-state index is -4.78. The predicted octanol–water partition coefficient (Wildman–Crippen LogP) is 8.61. The molecule has 0 saturated carbocycles. The van der Waals surface area contributed by atoms with Crippen LogP contribution in [0.3, 0.4) is 0 Å². The van der Waals surface area contributed by atoms with E-state index in [2.05, 4.69) is 37.4 Å². The van der Waals surface area contributed by atoms with Gasteiger partial charge in [-0.3, -0.25) is 14.1 Å². The molecule has 10 heteroatoms. The summed E-state index contributed by atoms with van der Waals surface area (Å²) in [5.41, 5.74) is 0. The van der Waals surface area contributed by atoms with E-state index in [-0.39, 0.29) is 19.4 Å². The number of esters is 2. The van der Waals surface area contributed by atoms with Crippen LogP contribution >= 0.6 is 7.82 Å². The maximum atomic E-state index is 12.3. The van der Waals surface area contributed by atoms with Crippen LogP contribution in [0.5, 0.6) is 0 Å². The van der Waals surface area contributed by atoms with Gasteiger partial charge < -0.3 is 24.4 Å². The highest BCUT2D eigenvalue weighted by atomic mass is 31.2. The first-order chi connectivity index (χ1) is 22.0. The Balaban J connectivity index is 4.23. The van der Waals surface area contributed by atoms with Crippen molar-refractivity contribution >= 4 is 19.8 Å². The first-order valence-corrected chi connectivity index (χ1v) is 18.6. The number of phosphoric ester groups is 1. The number of carbonyl (C=O) groups is 2. The lowest BCUT2D eigenvalue weighted by Crippen LogP contribution is -2.29. The number of ether oxygens (including phenoxy) is 2. The van der Waals surface area contributed by atoms with Crippen molar-refractivity contribution in [3.8, 4) is 0 Å². The standard InChI is InChI=1S/C36H61O9P/c1-4-5-6-7-16-21-26-33(37)27-22-17-12-8-9-13-19-24-29-36(39)45-34(31-44-46(40,41)42)30-43-35(38)28-23-18-14-10-11-15-20-25-32(2)3/h5-6,9,12-13,16-17,21-22,27,32-34,37H,4,7-8,10-11,14-15,18-20,23-26,28-31H2,1-3H3,(H2,40,41,42)/b6-5-,13-9-,17-12-,21-16-,27-22+/t33?,34-/m1/s1. The third-order valence-electron chi connectivity index (χ3n) is 6.81. The second-order valence-electron chi connectivity index (χ2n) is 11.8. The first kappa shape index (κ1) is 43.7. The molecule has 0 rings (SSSR count). The molecule has 3 N–H and O–H groups in total. The molecule has 46 heavy (non-hydrogen) atoms. The summed E-state index contributed by atoms with van der Waals surface area (Å²) in [5, 5.41) is 9.95. The van der Waals surface area contributed by atoms with Gasteiger partial charge in [0.05, 0.1) is 12.7 Å². The molecule has 0 aromatic carbocycles. The number of phosphoric acid groups is 1. The van der Waals surface area contributed by atoms with Crippen LogP contribution in [-0.4, -0.2) is 52.3 Å². The molecule has 0 fully saturated rings. The average Bonchev–Trinajstić information content (AvgIpc) is 2.99. The highest BCUT2D eigenvalue weighted by Gasteiger charge is 2.22. The summed E-state index contributed by atoms with van der Waals surface area (Å²) in [6.07, 6.45) is 31.5. The minimum absolute atomic E-state index is 0.0992. The predicted molar refractivity (Wildman–Crippen MR) is 185 cm³/mol. The Morgan fingerprint density at radius 3 is 2.07 bits per heavy atom. The molecule has 0 saturated heterocycles. The highest BCUT2D eigenvalue weighted by molar-refractivity contribution is 7.46. The van der Waals surface area contributed by atoms with Gasteiger partial charge in [0.1, 0.15) is 6.61 Å². The van der Waals surface area contributed by atoms with Crippen LogP contribution in [0, 0.1) is 5.92 Å². The third kappa shape index (κ3) is 33.1. The van der Waals surface area contributed by atoms with Gasteiger partial charge in [0.15, 0.2) is 6.10 Å². The van der Waals surface area contributed by atoms with E-state index >= 15 is 0 Å². The van der Waals surface area contributed by atoms with E-state index in [4.69, 9.17) is 19.3 Å². The fourth-order valence-corrected chi connectivity index (χ4v) is 4.62. The number of hydrogen-bond donors (Lipinski definition) is 3. The molecule has 0 aromatic rings. The van der Waals surface area contributed by atoms with Crippen LogP contribution in [0.15, 0.2) is 60.8 Å². The van der Waals surface area contributed by atoms with Crippen molar-refractivity contribution in [2.24, 2.45) is 5.92 Å². The lowest BCUT2D eigenvalue weighted by Gasteiger charge is -2.18. The Labute approximate surface area is 278 Å². The van der Waals surface area contributed by atoms with Gasteiger partial charge in [-0.2, -0.15) is 0 Å². The van der Waals surface area contributed by atoms with E-state index < -0.39 is 38.6 Å². The van der Waals surface area contributed by atoms with Crippen molar-refractivity contribution in [3.63, 3.8) is 0 Å². The van der Waals surface area contributed by atoms with Crippen molar-refractivity contribution < 1.29 is 43.0 Å². The fraction of sp³-hybridized carbons (Fsp3) is 0.667. The van der Waals surface area contributed by atoms with E-state index in [1.54, 1.807) is 6.08 Å². The van der Waals surface area contributed by atoms with Gasteiger partial charge in [-0.15, -0.1) is 0 Å². The van der Waals surface area contributed by atoms with Gasteiger partial charge in [0.25, 0.3) is 0 Å². The lowest BCUT2D eigenvalue weighted by molar-refractivity contribution is -0.161. The summed E-state index contributed by atoms with van der Waals surface area (Å²) in [6, 6.07) is 0. The van der Waals surface area contributed by atoms with Crippen molar-refractivity contribution in [2.45, 2.75) is 136 Å². The first-order valence-electron chi connectivity index (χ1n) is 17.0. The zero-order chi connectivity index (χ0) is 34.3. The molecule has 0 aliphatic heterocycles. The zero-order valence-electron chi connectivity index (χ0n) is 28.5. The van der Waals surface area contributed by atoms with Crippen LogP contribution < -0.4 is 0 Å². The van der Waals surface area contributed by atoms with Gasteiger partial charge >= 0.3 is 19.8 Å². The largest absolute Gasteiger partial charge is 0.469 e. The highest BCUT2D eigenvalue weighted by Crippen LogP contribution is 2.35. The van der Waals surface area contributed by atoms with Crippen LogP contribution in [0.2, 0.25) is 0 Å². The Kier molecular flexibility index (Phi) is 28.6. The second-order valence-corrected chi connectivity index (χ2v) is 13.0. The van der Waals surface area contributed by atoms with Crippen LogP contribution in [0.1, 0.15) is 124 Å². The number of aliphatic hydroxyl groups is 1. The van der Waals surface area contributed by atoms with Gasteiger partial charge in [-0.05, 0) is 50.9 Å². The lowest BCUT2D eigenvalue weighted by atomic mass is 10.0. The van der Waals surface area contributed by atoms with Crippen LogP contribution in [-0.2, 0) is 28.2 Å². The van der Waals surface area contributed by atoms with E-state index in [1.807, 2.05) is 42.5 Å². The Hall–Kier alpha value is -2.29. The summed E-state index contributed by atoms with van der Waals surface area (Å²) in [4.78, 5) is 42.5. The van der Waals surface area contributed by atoms with E-state index in [9.17, 15) is 19.3 Å². The summed E-state index contributed by atoms with van der Waals surface area (Å²) >= 11 is 0. The quantitative estimate of drug-likeness (QED) is 0.0235. The zero-order valence-corrected chi connectivity index (χ0v) is 29.4. The molecule has 1 unspecified atom stereocenters. The molecular weight excluding hydrogens is 607 g/mol. The van der Waals surface area contributed by atoms with Gasteiger partial charge in [-0.1, -0.05) is 126 Å². The van der Waals surface area contributed by atoms with Crippen molar-refractivity contribution in [1.82, 2.24) is 0 Å². The molecule has 0 heterocycles. The van der Waals surface area contributed by atoms with Crippen LogP contribution in [0.4, 0.5) is 0 Å². The Bertz CT molecular complexity index is 963. The average molecular weight is 669 g/mol. The summed E-state index contributed by atoms with van der Waals surface area (Å²) in [5.74, 6) is -0.257. The smallest absolute Gasteiger partial charge is 0.462 e. The molecule has 0 bridgehead atoms. The number of hydrogen-bond acceptors (Lipinski definition) is 7. The van der Waals surface area contributed by atoms with Crippen molar-refractivity contribution in [2.75, 3.05) is 13.2 Å². The third-order valence-corrected chi connectivity index (χ3v) is 7.29.